The number of hydrogen-bond donors (Lipinski definition) is 0. The maximum atomic E-state index is 8.35. The molecule has 44 heavy (non-hydrogen) atoms. The van der Waals surface area contributed by atoms with Crippen LogP contribution in [0.2, 0.25) is 17.3 Å². The van der Waals surface area contributed by atoms with E-state index in [1.165, 1.54) is 40.9 Å². The third kappa shape index (κ3) is 6.90. The van der Waals surface area contributed by atoms with Crippen molar-refractivity contribution in [1.82, 2.24) is 9.97 Å². The third-order valence-electron chi connectivity index (χ3n) is 7.75. The average molecular weight is 831 g/mol. The summed E-state index contributed by atoms with van der Waals surface area (Å²) < 4.78 is 12.3. The molecular formula is C39H36GeIrN2S-2. The first-order chi connectivity index (χ1) is 21.0. The summed E-state index contributed by atoms with van der Waals surface area (Å²) in [4.78, 5) is 9.13. The van der Waals surface area contributed by atoms with Crippen molar-refractivity contribution in [3.63, 3.8) is 0 Å². The first-order valence-electron chi connectivity index (χ1n) is 15.2. The van der Waals surface area contributed by atoms with E-state index < -0.39 is 19.2 Å². The topological polar surface area (TPSA) is 25.8 Å². The SMILES string of the molecule is [2H]C(C)(C)c1ccnc(-c2[c-]ccc3c2sc2cc4ccc(C)cc4cc23)c1.[CH3][Ge]([CH3])([CH3])[c]1ccc(-c2[c-]cccc2)nc1.[Ir]. The van der Waals surface area contributed by atoms with E-state index in [4.69, 9.17) is 1.37 Å². The molecule has 2 nitrogen and oxygen atoms in total. The Morgan fingerprint density at radius 2 is 1.64 bits per heavy atom. The minimum Gasteiger partial charge on any atom is 0 e. The normalized spacial score (nSPS) is 12.0. The molecule has 0 spiro atoms. The van der Waals surface area contributed by atoms with Gasteiger partial charge in [0.05, 0.1) is 0 Å². The number of aryl methyl sites for hydroxylation is 1. The maximum absolute atomic E-state index is 8.35. The van der Waals surface area contributed by atoms with E-state index in [9.17, 15) is 0 Å². The van der Waals surface area contributed by atoms with Crippen molar-refractivity contribution >= 4 is 59.9 Å². The predicted molar refractivity (Wildman–Crippen MR) is 189 cm³/mol. The van der Waals surface area contributed by atoms with Crippen LogP contribution in [0.3, 0.4) is 0 Å². The number of rotatable bonds is 4. The zero-order valence-corrected chi connectivity index (χ0v) is 31.3. The Morgan fingerprint density at radius 3 is 2.34 bits per heavy atom. The quantitative estimate of drug-likeness (QED) is 0.130. The van der Waals surface area contributed by atoms with Crippen molar-refractivity contribution < 1.29 is 21.5 Å². The molecule has 1 radical (unpaired) electrons. The Hall–Kier alpha value is -3.15. The Morgan fingerprint density at radius 1 is 0.795 bits per heavy atom. The number of aromatic nitrogens is 2. The van der Waals surface area contributed by atoms with E-state index in [2.05, 4.69) is 94.8 Å². The molecule has 7 rings (SSSR count). The van der Waals surface area contributed by atoms with Gasteiger partial charge in [-0.25, -0.2) is 0 Å². The summed E-state index contributed by atoms with van der Waals surface area (Å²) in [5.41, 5.74) is 6.22. The standard InChI is InChI=1S/C25H20NS.C14H16GeN.Ir/c1-15(2)17-9-10-26-23(13-17)21-6-4-5-20-22-12-19-11-16(3)7-8-18(19)14-24(22)27-25(20)21;1-15(2,3)13-9-10-14(16-11-13)12-7-5-4-6-8-12;/h4-5,7-15H,1-3H3;4-7,9-11H,1-3H3;/q2*-1;/i15D;;. The van der Waals surface area contributed by atoms with Crippen molar-refractivity contribution in [2.45, 2.75) is 43.9 Å². The molecular weight excluding hydrogens is 793 g/mol. The van der Waals surface area contributed by atoms with Crippen LogP contribution in [0.4, 0.5) is 0 Å². The molecule has 0 aliphatic heterocycles. The molecule has 0 atom stereocenters. The predicted octanol–water partition coefficient (Wildman–Crippen LogP) is 10.6. The van der Waals surface area contributed by atoms with Gasteiger partial charge >= 0.3 is 99.8 Å². The van der Waals surface area contributed by atoms with E-state index in [1.807, 2.05) is 62.5 Å². The fourth-order valence-corrected chi connectivity index (χ4v) is 8.63. The smallest absolute Gasteiger partial charge is 0 e. The molecule has 7 aromatic rings. The van der Waals surface area contributed by atoms with E-state index >= 15 is 0 Å². The number of pyridine rings is 2. The van der Waals surface area contributed by atoms with Gasteiger partial charge in [0.2, 0.25) is 0 Å². The second-order valence-electron chi connectivity index (χ2n) is 12.3. The monoisotopic (exact) mass is 832 g/mol. The van der Waals surface area contributed by atoms with Crippen LogP contribution in [0, 0.1) is 19.1 Å². The minimum absolute atomic E-state index is 0. The summed E-state index contributed by atoms with van der Waals surface area (Å²) in [6.45, 7) is 5.95. The van der Waals surface area contributed by atoms with Crippen LogP contribution in [0.5, 0.6) is 0 Å². The third-order valence-corrected chi connectivity index (χ3v) is 13.2. The molecule has 3 heterocycles. The summed E-state index contributed by atoms with van der Waals surface area (Å²) in [5, 5.41) is 5.07. The summed E-state index contributed by atoms with van der Waals surface area (Å²) in [5.74, 6) is 6.49. The van der Waals surface area contributed by atoms with E-state index in [0.29, 0.717) is 0 Å². The Balaban J connectivity index is 0.000000202. The van der Waals surface area contributed by atoms with Crippen LogP contribution < -0.4 is 4.40 Å². The number of benzene rings is 4. The molecule has 0 N–H and O–H groups in total. The molecule has 0 aliphatic carbocycles. The number of thiophene rings is 1. The molecule has 0 saturated carbocycles. The molecule has 0 saturated heterocycles. The van der Waals surface area contributed by atoms with E-state index in [1.54, 1.807) is 17.5 Å². The number of hydrogen-bond acceptors (Lipinski definition) is 3. The minimum atomic E-state index is -1.72. The van der Waals surface area contributed by atoms with Crippen LogP contribution >= 0.6 is 11.3 Å². The van der Waals surface area contributed by atoms with Gasteiger partial charge < -0.3 is 4.98 Å². The van der Waals surface area contributed by atoms with Gasteiger partial charge in [-0.05, 0) is 57.6 Å². The zero-order valence-electron chi connectivity index (χ0n) is 27.0. The van der Waals surface area contributed by atoms with E-state index in [0.717, 1.165) is 28.1 Å². The average Bonchev–Trinajstić information content (AvgIpc) is 3.37. The molecule has 5 heteroatoms. The Bertz CT molecular complexity index is 2090. The second kappa shape index (κ2) is 13.5. The van der Waals surface area contributed by atoms with Gasteiger partial charge in [0.15, 0.2) is 0 Å². The van der Waals surface area contributed by atoms with Crippen LogP contribution in [-0.2, 0) is 20.1 Å². The summed E-state index contributed by atoms with van der Waals surface area (Å²) in [6, 6.07) is 38.2. The molecule has 4 aromatic carbocycles. The summed E-state index contributed by atoms with van der Waals surface area (Å²) in [7, 11) is 0. The van der Waals surface area contributed by atoms with Crippen LogP contribution in [0.25, 0.3) is 53.5 Å². The molecule has 0 aliphatic rings. The van der Waals surface area contributed by atoms with Crippen molar-refractivity contribution in [2.75, 3.05) is 0 Å². The van der Waals surface area contributed by atoms with Crippen molar-refractivity contribution in [2.24, 2.45) is 0 Å². The molecule has 0 bridgehead atoms. The van der Waals surface area contributed by atoms with Crippen LogP contribution in [0.1, 0.15) is 32.2 Å². The van der Waals surface area contributed by atoms with Gasteiger partial charge in [-0.15, -0.1) is 23.8 Å². The van der Waals surface area contributed by atoms with Crippen molar-refractivity contribution in [1.29, 1.82) is 0 Å². The molecule has 3 aromatic heterocycles. The molecule has 0 amide bonds. The Kier molecular flexibility index (Phi) is 9.44. The van der Waals surface area contributed by atoms with Crippen LogP contribution in [-0.4, -0.2) is 23.2 Å². The maximum Gasteiger partial charge on any atom is 0 e. The van der Waals surface area contributed by atoms with Crippen molar-refractivity contribution in [3.05, 3.63) is 127 Å². The van der Waals surface area contributed by atoms with Gasteiger partial charge in [-0.2, -0.15) is 11.3 Å². The van der Waals surface area contributed by atoms with Gasteiger partial charge in [-0.3, -0.25) is 0 Å². The van der Waals surface area contributed by atoms with E-state index in [-0.39, 0.29) is 20.1 Å². The summed E-state index contributed by atoms with van der Waals surface area (Å²) >= 11 is 0.0815. The number of nitrogens with zero attached hydrogens (tertiary/aromatic N) is 2. The summed E-state index contributed by atoms with van der Waals surface area (Å²) in [6.07, 6.45) is 3.84. The fraction of sp³-hybridized carbons (Fsp3) is 0.179. The van der Waals surface area contributed by atoms with Gasteiger partial charge in [-0.1, -0.05) is 54.6 Å². The van der Waals surface area contributed by atoms with Crippen LogP contribution in [0.15, 0.2) is 103 Å². The van der Waals surface area contributed by atoms with Gasteiger partial charge in [0, 0.05) is 32.4 Å². The zero-order chi connectivity index (χ0) is 31.1. The largest absolute Gasteiger partial charge is 0 e. The molecule has 223 valence electrons. The first-order valence-corrected chi connectivity index (χ1v) is 22.8. The fourth-order valence-electron chi connectivity index (χ4n) is 5.22. The molecule has 0 unspecified atom stereocenters. The Labute approximate surface area is 282 Å². The molecule has 0 fully saturated rings. The first kappa shape index (κ1) is 30.9. The van der Waals surface area contributed by atoms with Crippen molar-refractivity contribution in [3.8, 4) is 22.5 Å². The van der Waals surface area contributed by atoms with Gasteiger partial charge in [0.25, 0.3) is 0 Å². The second-order valence-corrected chi connectivity index (χ2v) is 24.0. The van der Waals surface area contributed by atoms with Gasteiger partial charge in [0.1, 0.15) is 0 Å². The number of fused-ring (bicyclic) bond motifs is 4.